The van der Waals surface area contributed by atoms with E-state index in [9.17, 15) is 35.7 Å². The summed E-state index contributed by atoms with van der Waals surface area (Å²) in [6.45, 7) is -0.915. The van der Waals surface area contributed by atoms with E-state index in [1.165, 1.54) is 38.5 Å². The van der Waals surface area contributed by atoms with Crippen molar-refractivity contribution in [3.63, 3.8) is 0 Å². The van der Waals surface area contributed by atoms with Crippen LogP contribution in [0.1, 0.15) is 64.2 Å². The van der Waals surface area contributed by atoms with E-state index in [-0.39, 0.29) is 0 Å². The number of unbranched alkanes of at least 4 members (excludes halogenated alkanes) is 9. The van der Waals surface area contributed by atoms with Gasteiger partial charge in [0.05, 0.1) is 13.2 Å². The summed E-state index contributed by atoms with van der Waals surface area (Å²) in [6, 6.07) is 0. The van der Waals surface area contributed by atoms with Crippen LogP contribution >= 0.6 is 12.6 Å². The van der Waals surface area contributed by atoms with Gasteiger partial charge < -0.3 is 54.7 Å². The molecule has 7 N–H and O–H groups in total. The Morgan fingerprint density at radius 2 is 1.06 bits per heavy atom. The van der Waals surface area contributed by atoms with Crippen LogP contribution in [-0.2, 0) is 18.9 Å². The summed E-state index contributed by atoms with van der Waals surface area (Å²) in [4.78, 5) is 0. The van der Waals surface area contributed by atoms with Gasteiger partial charge in [-0.2, -0.15) is 12.6 Å². The quantitative estimate of drug-likeness (QED) is 0.0874. The van der Waals surface area contributed by atoms with Gasteiger partial charge in [0.25, 0.3) is 0 Å². The minimum Gasteiger partial charge on any atom is -0.394 e. The fraction of sp³-hybridized carbons (Fsp3) is 1.00. The molecule has 214 valence electrons. The normalized spacial score (nSPS) is 37.3. The van der Waals surface area contributed by atoms with E-state index < -0.39 is 74.6 Å². The van der Waals surface area contributed by atoms with Crippen LogP contribution in [0.5, 0.6) is 0 Å². The minimum absolute atomic E-state index is 0.314. The number of aliphatic hydroxyl groups is 7. The molecule has 0 amide bonds. The lowest BCUT2D eigenvalue weighted by Gasteiger charge is -2.45. The molecule has 10 atom stereocenters. The van der Waals surface area contributed by atoms with Crippen LogP contribution < -0.4 is 0 Å². The molecule has 0 aliphatic carbocycles. The van der Waals surface area contributed by atoms with E-state index in [2.05, 4.69) is 12.6 Å². The standard InChI is InChI=1S/C24H46O11S/c25-13-15-17(27)18(28)20(30)24(33-15)35-22-16(14-26)34-23(21(31)19(22)29)32-11-9-7-5-3-1-2-4-6-8-10-12-36/h15-31,36H,1-14H2/t15-,16-,17+,18+,19-,20-,21-,22-,23-,24?/m1/s1. The molecule has 2 rings (SSSR count). The van der Waals surface area contributed by atoms with Crippen molar-refractivity contribution in [2.75, 3.05) is 25.6 Å². The molecule has 0 aromatic rings. The predicted octanol–water partition coefficient (Wildman–Crippen LogP) is -0.542. The Hall–Kier alpha value is -0.0900. The number of hydrogen-bond donors (Lipinski definition) is 8. The average Bonchev–Trinajstić information content (AvgIpc) is 2.88. The zero-order chi connectivity index (χ0) is 26.5. The molecular formula is C24H46O11S. The highest BCUT2D eigenvalue weighted by Gasteiger charge is 2.50. The molecule has 36 heavy (non-hydrogen) atoms. The molecule has 0 aromatic carbocycles. The van der Waals surface area contributed by atoms with Crippen LogP contribution in [0.3, 0.4) is 0 Å². The Bertz CT molecular complexity index is 570. The SMILES string of the molecule is OC[C@H]1OC(O[C@H]2[C@H](O)[C@@H](O)[C@H](OCCCCCCCCCCCCS)O[C@@H]2CO)[C@H](O)[C@@H](O)[C@H]1O. The van der Waals surface area contributed by atoms with Crippen molar-refractivity contribution < 1.29 is 54.7 Å². The lowest BCUT2D eigenvalue weighted by molar-refractivity contribution is -0.359. The van der Waals surface area contributed by atoms with E-state index in [1.807, 2.05) is 0 Å². The summed E-state index contributed by atoms with van der Waals surface area (Å²) >= 11 is 4.22. The van der Waals surface area contributed by atoms with Crippen LogP contribution in [0.2, 0.25) is 0 Å². The second kappa shape index (κ2) is 17.5. The molecule has 12 heteroatoms. The molecule has 0 radical (unpaired) electrons. The Morgan fingerprint density at radius 1 is 0.556 bits per heavy atom. The maximum absolute atomic E-state index is 10.6. The zero-order valence-electron chi connectivity index (χ0n) is 20.9. The summed E-state index contributed by atoms with van der Waals surface area (Å²) in [5.41, 5.74) is 0. The first-order valence-electron chi connectivity index (χ1n) is 13.2. The van der Waals surface area contributed by atoms with E-state index in [4.69, 9.17) is 18.9 Å². The van der Waals surface area contributed by atoms with Gasteiger partial charge in [0.2, 0.25) is 0 Å². The molecule has 0 spiro atoms. The Balaban J connectivity index is 1.71. The third-order valence-corrected chi connectivity index (χ3v) is 7.11. The highest BCUT2D eigenvalue weighted by molar-refractivity contribution is 7.80. The Labute approximate surface area is 218 Å². The molecule has 0 aromatic heterocycles. The molecule has 2 saturated heterocycles. The molecule has 0 saturated carbocycles. The maximum atomic E-state index is 10.6. The molecular weight excluding hydrogens is 496 g/mol. The van der Waals surface area contributed by atoms with Crippen molar-refractivity contribution in [2.24, 2.45) is 0 Å². The van der Waals surface area contributed by atoms with E-state index in [0.717, 1.165) is 31.4 Å². The van der Waals surface area contributed by atoms with Gasteiger partial charge in [-0.3, -0.25) is 0 Å². The maximum Gasteiger partial charge on any atom is 0.187 e. The Morgan fingerprint density at radius 3 is 1.61 bits per heavy atom. The molecule has 11 nitrogen and oxygen atoms in total. The summed E-state index contributed by atoms with van der Waals surface area (Å²) in [5, 5.41) is 70.2. The van der Waals surface area contributed by atoms with Gasteiger partial charge in [-0.15, -0.1) is 0 Å². The molecule has 2 fully saturated rings. The minimum atomic E-state index is -1.70. The van der Waals surface area contributed by atoms with Gasteiger partial charge >= 0.3 is 0 Å². The smallest absolute Gasteiger partial charge is 0.187 e. The van der Waals surface area contributed by atoms with Crippen molar-refractivity contribution in [3.8, 4) is 0 Å². The van der Waals surface area contributed by atoms with Crippen LogP contribution in [0.25, 0.3) is 0 Å². The van der Waals surface area contributed by atoms with Crippen molar-refractivity contribution in [1.82, 2.24) is 0 Å². The van der Waals surface area contributed by atoms with E-state index in [0.29, 0.717) is 6.61 Å². The van der Waals surface area contributed by atoms with Crippen molar-refractivity contribution in [2.45, 2.75) is 126 Å². The molecule has 2 aliphatic rings. The topological polar surface area (TPSA) is 179 Å². The summed E-state index contributed by atoms with van der Waals surface area (Å²) in [5.74, 6) is 0.959. The fourth-order valence-electron chi connectivity index (χ4n) is 4.52. The number of hydrogen-bond acceptors (Lipinski definition) is 12. The lowest BCUT2D eigenvalue weighted by Crippen LogP contribution is -2.64. The van der Waals surface area contributed by atoms with Crippen LogP contribution in [0.15, 0.2) is 0 Å². The molecule has 2 aliphatic heterocycles. The largest absolute Gasteiger partial charge is 0.394 e. The van der Waals surface area contributed by atoms with Gasteiger partial charge in [0.1, 0.15) is 48.8 Å². The van der Waals surface area contributed by atoms with Crippen molar-refractivity contribution >= 4 is 12.6 Å². The van der Waals surface area contributed by atoms with E-state index in [1.54, 1.807) is 0 Å². The Kier molecular flexibility index (Phi) is 15.6. The average molecular weight is 543 g/mol. The number of thiol groups is 1. The van der Waals surface area contributed by atoms with Gasteiger partial charge in [-0.1, -0.05) is 51.4 Å². The van der Waals surface area contributed by atoms with Gasteiger partial charge in [0, 0.05) is 6.61 Å². The summed E-state index contributed by atoms with van der Waals surface area (Å²) in [6.07, 6.45) is -2.93. The monoisotopic (exact) mass is 542 g/mol. The fourth-order valence-corrected chi connectivity index (χ4v) is 4.74. The van der Waals surface area contributed by atoms with Crippen LogP contribution in [0.4, 0.5) is 0 Å². The van der Waals surface area contributed by atoms with Gasteiger partial charge in [0.15, 0.2) is 12.6 Å². The van der Waals surface area contributed by atoms with Crippen molar-refractivity contribution in [1.29, 1.82) is 0 Å². The van der Waals surface area contributed by atoms with E-state index >= 15 is 0 Å². The highest BCUT2D eigenvalue weighted by atomic mass is 32.1. The zero-order valence-corrected chi connectivity index (χ0v) is 21.8. The van der Waals surface area contributed by atoms with Crippen LogP contribution in [0, 0.1) is 0 Å². The van der Waals surface area contributed by atoms with Crippen molar-refractivity contribution in [3.05, 3.63) is 0 Å². The first-order chi connectivity index (χ1) is 17.3. The molecule has 1 unspecified atom stereocenters. The summed E-state index contributed by atoms with van der Waals surface area (Å²) < 4.78 is 22.0. The van der Waals surface area contributed by atoms with Gasteiger partial charge in [-0.25, -0.2) is 0 Å². The third-order valence-electron chi connectivity index (χ3n) is 6.79. The molecule has 2 heterocycles. The highest BCUT2D eigenvalue weighted by Crippen LogP contribution is 2.29. The first kappa shape index (κ1) is 32.1. The predicted molar refractivity (Wildman–Crippen MR) is 132 cm³/mol. The molecule has 0 bridgehead atoms. The third kappa shape index (κ3) is 9.58. The summed E-state index contributed by atoms with van der Waals surface area (Å²) in [7, 11) is 0. The number of aliphatic hydroxyl groups excluding tert-OH is 7. The van der Waals surface area contributed by atoms with Gasteiger partial charge in [-0.05, 0) is 18.6 Å². The second-order valence-corrected chi connectivity index (χ2v) is 10.1. The number of ether oxygens (including phenoxy) is 4. The number of rotatable bonds is 17. The van der Waals surface area contributed by atoms with Crippen LogP contribution in [-0.4, -0.2) is 123 Å². The second-order valence-electron chi connectivity index (χ2n) is 9.63. The lowest BCUT2D eigenvalue weighted by atomic mass is 9.97. The first-order valence-corrected chi connectivity index (χ1v) is 13.8.